The third kappa shape index (κ3) is 5.24. The number of amides is 1. The van der Waals surface area contributed by atoms with Crippen molar-refractivity contribution in [3.8, 4) is 5.75 Å². The minimum Gasteiger partial charge on any atom is -0.494 e. The van der Waals surface area contributed by atoms with Crippen LogP contribution in [0.25, 0.3) is 0 Å². The summed E-state index contributed by atoms with van der Waals surface area (Å²) in [5, 5.41) is 3.07. The minimum absolute atomic E-state index is 0.0197. The number of carbonyl (C=O) groups excluding carboxylic acids is 1. The summed E-state index contributed by atoms with van der Waals surface area (Å²) in [7, 11) is 0. The van der Waals surface area contributed by atoms with E-state index < -0.39 is 0 Å². The molecule has 128 valence electrons. The Bertz CT molecular complexity index is 497. The Labute approximate surface area is 139 Å². The topological polar surface area (TPSA) is 47.6 Å². The second-order valence-electron chi connectivity index (χ2n) is 6.18. The molecule has 1 aromatic rings. The lowest BCUT2D eigenvalue weighted by atomic mass is 10.1. The molecule has 0 radical (unpaired) electrons. The van der Waals surface area contributed by atoms with Crippen LogP contribution in [0.2, 0.25) is 0 Å². The van der Waals surface area contributed by atoms with Crippen molar-refractivity contribution in [3.05, 3.63) is 29.8 Å². The maximum absolute atomic E-state index is 12.5. The second-order valence-corrected chi connectivity index (χ2v) is 6.18. The average molecular weight is 319 g/mol. The zero-order valence-corrected chi connectivity index (χ0v) is 14.5. The van der Waals surface area contributed by atoms with Crippen molar-refractivity contribution >= 4 is 5.91 Å². The number of nitrogens with one attached hydrogen (secondary N) is 1. The number of benzene rings is 1. The fraction of sp³-hybridized carbons (Fsp3) is 0.632. The molecule has 0 bridgehead atoms. The van der Waals surface area contributed by atoms with Crippen molar-refractivity contribution in [2.75, 3.05) is 6.61 Å². The van der Waals surface area contributed by atoms with Crippen LogP contribution in [0.5, 0.6) is 5.75 Å². The molecule has 1 aliphatic carbocycles. The molecule has 0 aliphatic heterocycles. The van der Waals surface area contributed by atoms with E-state index in [0.29, 0.717) is 13.0 Å². The minimum atomic E-state index is -0.351. The molecule has 4 heteroatoms. The van der Waals surface area contributed by atoms with Crippen LogP contribution in [-0.4, -0.2) is 24.7 Å². The van der Waals surface area contributed by atoms with E-state index in [0.717, 1.165) is 24.2 Å². The third-order valence-corrected chi connectivity index (χ3v) is 4.35. The summed E-state index contributed by atoms with van der Waals surface area (Å²) in [6.07, 6.45) is 5.18. The van der Waals surface area contributed by atoms with Gasteiger partial charge in [0.1, 0.15) is 11.9 Å². The Morgan fingerprint density at radius 1 is 1.30 bits per heavy atom. The van der Waals surface area contributed by atoms with Crippen molar-refractivity contribution in [3.63, 3.8) is 0 Å². The maximum Gasteiger partial charge on any atom is 0.249 e. The van der Waals surface area contributed by atoms with Gasteiger partial charge >= 0.3 is 0 Å². The van der Waals surface area contributed by atoms with Gasteiger partial charge in [0.15, 0.2) is 0 Å². The van der Waals surface area contributed by atoms with Gasteiger partial charge in [0.05, 0.1) is 18.8 Å². The van der Waals surface area contributed by atoms with Crippen LogP contribution in [0.1, 0.15) is 64.5 Å². The highest BCUT2D eigenvalue weighted by Crippen LogP contribution is 2.24. The van der Waals surface area contributed by atoms with Crippen LogP contribution >= 0.6 is 0 Å². The first-order valence-corrected chi connectivity index (χ1v) is 8.82. The summed E-state index contributed by atoms with van der Waals surface area (Å²) >= 11 is 0. The van der Waals surface area contributed by atoms with E-state index in [4.69, 9.17) is 9.47 Å². The zero-order chi connectivity index (χ0) is 16.7. The van der Waals surface area contributed by atoms with E-state index in [1.165, 1.54) is 12.8 Å². The van der Waals surface area contributed by atoms with Crippen LogP contribution in [-0.2, 0) is 9.53 Å². The van der Waals surface area contributed by atoms with Crippen molar-refractivity contribution in [2.24, 2.45) is 0 Å². The first-order valence-electron chi connectivity index (χ1n) is 8.82. The molecule has 1 aliphatic rings. The molecular weight excluding hydrogens is 290 g/mol. The monoisotopic (exact) mass is 319 g/mol. The molecule has 2 rings (SSSR count). The maximum atomic E-state index is 12.5. The first kappa shape index (κ1) is 17.8. The van der Waals surface area contributed by atoms with Crippen LogP contribution in [0.3, 0.4) is 0 Å². The molecule has 23 heavy (non-hydrogen) atoms. The van der Waals surface area contributed by atoms with Gasteiger partial charge in [-0.3, -0.25) is 4.79 Å². The molecule has 4 nitrogen and oxygen atoms in total. The molecule has 1 saturated carbocycles. The summed E-state index contributed by atoms with van der Waals surface area (Å²) in [6.45, 7) is 6.59. The lowest BCUT2D eigenvalue weighted by molar-refractivity contribution is -0.137. The molecule has 0 spiro atoms. The normalized spacial score (nSPS) is 17.7. The van der Waals surface area contributed by atoms with Crippen molar-refractivity contribution < 1.29 is 14.3 Å². The van der Waals surface area contributed by atoms with E-state index in [1.54, 1.807) is 0 Å². The van der Waals surface area contributed by atoms with Gasteiger partial charge < -0.3 is 14.8 Å². The number of ether oxygens (including phenoxy) is 2. The van der Waals surface area contributed by atoms with Crippen LogP contribution in [0, 0.1) is 0 Å². The highest BCUT2D eigenvalue weighted by molar-refractivity contribution is 5.81. The van der Waals surface area contributed by atoms with Gasteiger partial charge in [-0.25, -0.2) is 0 Å². The molecule has 0 aromatic heterocycles. The lowest BCUT2D eigenvalue weighted by Gasteiger charge is -2.23. The Kier molecular flexibility index (Phi) is 6.90. The Balaban J connectivity index is 1.92. The summed E-state index contributed by atoms with van der Waals surface area (Å²) in [4.78, 5) is 12.5. The van der Waals surface area contributed by atoms with Gasteiger partial charge in [-0.15, -0.1) is 0 Å². The number of carbonyl (C=O) groups is 1. The lowest BCUT2D eigenvalue weighted by Crippen LogP contribution is -2.39. The first-order chi connectivity index (χ1) is 11.1. The molecule has 1 aromatic carbocycles. The Morgan fingerprint density at radius 2 is 2.04 bits per heavy atom. The molecule has 2 atom stereocenters. The van der Waals surface area contributed by atoms with E-state index in [9.17, 15) is 4.79 Å². The second kappa shape index (κ2) is 8.92. The number of rotatable bonds is 8. The van der Waals surface area contributed by atoms with Gasteiger partial charge in [0.25, 0.3) is 0 Å². The predicted molar refractivity (Wildman–Crippen MR) is 91.6 cm³/mol. The summed E-state index contributed by atoms with van der Waals surface area (Å²) < 4.78 is 11.5. The predicted octanol–water partition coefficient (Wildman–Crippen LogP) is 4.00. The van der Waals surface area contributed by atoms with Gasteiger partial charge in [-0.1, -0.05) is 31.9 Å². The Hall–Kier alpha value is -1.55. The van der Waals surface area contributed by atoms with Crippen LogP contribution < -0.4 is 10.1 Å². The number of hydrogen-bond donors (Lipinski definition) is 1. The molecule has 1 N–H and O–H groups in total. The van der Waals surface area contributed by atoms with Gasteiger partial charge in [0, 0.05) is 0 Å². The molecule has 1 fully saturated rings. The summed E-state index contributed by atoms with van der Waals surface area (Å²) in [5.41, 5.74) is 1.04. The van der Waals surface area contributed by atoms with E-state index in [-0.39, 0.29) is 24.2 Å². The van der Waals surface area contributed by atoms with Gasteiger partial charge in [-0.05, 0) is 50.8 Å². The molecule has 0 heterocycles. The van der Waals surface area contributed by atoms with Gasteiger partial charge in [-0.2, -0.15) is 0 Å². The Morgan fingerprint density at radius 3 is 2.70 bits per heavy atom. The molecule has 2 unspecified atom stereocenters. The largest absolute Gasteiger partial charge is 0.494 e. The smallest absolute Gasteiger partial charge is 0.249 e. The van der Waals surface area contributed by atoms with E-state index in [1.807, 2.05) is 45.0 Å². The van der Waals surface area contributed by atoms with Crippen molar-refractivity contribution in [2.45, 2.75) is 71.1 Å². The molecule has 1 amide bonds. The molecular formula is C19H29NO3. The van der Waals surface area contributed by atoms with Crippen LogP contribution in [0.4, 0.5) is 0 Å². The third-order valence-electron chi connectivity index (χ3n) is 4.35. The van der Waals surface area contributed by atoms with Crippen molar-refractivity contribution in [1.82, 2.24) is 5.32 Å². The molecule has 0 saturated heterocycles. The average Bonchev–Trinajstić information content (AvgIpc) is 3.06. The van der Waals surface area contributed by atoms with E-state index in [2.05, 4.69) is 5.32 Å². The van der Waals surface area contributed by atoms with Crippen molar-refractivity contribution in [1.29, 1.82) is 0 Å². The fourth-order valence-corrected chi connectivity index (χ4v) is 3.03. The summed E-state index contributed by atoms with van der Waals surface area (Å²) in [5.74, 6) is 0.814. The van der Waals surface area contributed by atoms with E-state index >= 15 is 0 Å². The summed E-state index contributed by atoms with van der Waals surface area (Å²) in [6, 6.07) is 7.80. The number of hydrogen-bond acceptors (Lipinski definition) is 3. The van der Waals surface area contributed by atoms with Gasteiger partial charge in [0.2, 0.25) is 5.91 Å². The highest BCUT2D eigenvalue weighted by atomic mass is 16.5. The van der Waals surface area contributed by atoms with Crippen LogP contribution in [0.15, 0.2) is 24.3 Å². The fourth-order valence-electron chi connectivity index (χ4n) is 3.03. The quantitative estimate of drug-likeness (QED) is 0.788. The zero-order valence-electron chi connectivity index (χ0n) is 14.5. The SMILES string of the molecule is CCOc1cccc(C(C)NC(=O)C(CC)OC2CCCC2)c1. The highest BCUT2D eigenvalue weighted by Gasteiger charge is 2.25. The standard InChI is InChI=1S/C19H29NO3/c1-4-18(23-16-10-6-7-11-16)19(21)20-14(3)15-9-8-12-17(13-15)22-5-2/h8-9,12-14,16,18H,4-7,10-11H2,1-3H3,(H,20,21).